The molecule has 0 aliphatic rings. The molecule has 2 heterocycles. The van der Waals surface area contributed by atoms with Crippen molar-refractivity contribution in [2.45, 2.75) is 5.22 Å². The number of aromatic nitrogens is 3. The van der Waals surface area contributed by atoms with Crippen molar-refractivity contribution in [3.63, 3.8) is 0 Å². The molecule has 0 radical (unpaired) electrons. The highest BCUT2D eigenvalue weighted by Gasteiger charge is 2.13. The zero-order valence-corrected chi connectivity index (χ0v) is 18.1. The summed E-state index contributed by atoms with van der Waals surface area (Å²) in [7, 11) is 1.62. The van der Waals surface area contributed by atoms with Crippen LogP contribution in [0.25, 0.3) is 22.7 Å². The molecule has 30 heavy (non-hydrogen) atoms. The number of carbonyl (C=O) groups excluding carboxylic acids is 1. The van der Waals surface area contributed by atoms with Crippen molar-refractivity contribution in [3.05, 3.63) is 58.9 Å². The standard InChI is InChI=1S/C20H15ClN4O3S2/c1-27-15-7-5-12(6-8-15)16-10-29-19(22-16)23-17(26)11-30-20-25-24-18(28-20)13-3-2-4-14(21)9-13/h2-10H,11H2,1H3,(H,22,23,26). The van der Waals surface area contributed by atoms with Crippen LogP contribution in [-0.2, 0) is 4.79 Å². The molecule has 0 aliphatic heterocycles. The van der Waals surface area contributed by atoms with Gasteiger partial charge < -0.3 is 14.5 Å². The molecule has 0 spiro atoms. The predicted molar refractivity (Wildman–Crippen MR) is 118 cm³/mol. The fourth-order valence-corrected chi connectivity index (χ4v) is 4.00. The lowest BCUT2D eigenvalue weighted by molar-refractivity contribution is -0.113. The number of thiazole rings is 1. The van der Waals surface area contributed by atoms with E-state index < -0.39 is 0 Å². The molecule has 0 bridgehead atoms. The van der Waals surface area contributed by atoms with Crippen LogP contribution in [0.5, 0.6) is 5.75 Å². The summed E-state index contributed by atoms with van der Waals surface area (Å²) in [6.45, 7) is 0. The topological polar surface area (TPSA) is 90.1 Å². The Labute approximate surface area is 185 Å². The summed E-state index contributed by atoms with van der Waals surface area (Å²) in [5, 5.41) is 14.0. The first-order chi connectivity index (χ1) is 14.6. The average Bonchev–Trinajstić information content (AvgIpc) is 3.42. The molecule has 0 saturated carbocycles. The van der Waals surface area contributed by atoms with Gasteiger partial charge in [0.25, 0.3) is 5.22 Å². The van der Waals surface area contributed by atoms with E-state index in [9.17, 15) is 4.79 Å². The number of benzene rings is 2. The lowest BCUT2D eigenvalue weighted by atomic mass is 10.2. The van der Waals surface area contributed by atoms with E-state index in [-0.39, 0.29) is 11.7 Å². The van der Waals surface area contributed by atoms with Gasteiger partial charge in [0, 0.05) is 21.5 Å². The maximum absolute atomic E-state index is 12.2. The van der Waals surface area contributed by atoms with E-state index in [2.05, 4.69) is 20.5 Å². The number of halogens is 1. The van der Waals surface area contributed by atoms with Gasteiger partial charge in [-0.15, -0.1) is 21.5 Å². The number of nitrogens with one attached hydrogen (secondary N) is 1. The molecular formula is C20H15ClN4O3S2. The number of rotatable bonds is 7. The van der Waals surface area contributed by atoms with Gasteiger partial charge in [-0.2, -0.15) is 0 Å². The molecule has 0 fully saturated rings. The van der Waals surface area contributed by atoms with Crippen molar-refractivity contribution >= 4 is 45.7 Å². The van der Waals surface area contributed by atoms with E-state index in [1.165, 1.54) is 11.3 Å². The van der Waals surface area contributed by atoms with Gasteiger partial charge in [-0.3, -0.25) is 4.79 Å². The molecule has 0 saturated heterocycles. The summed E-state index contributed by atoms with van der Waals surface area (Å²) in [6, 6.07) is 14.7. The minimum absolute atomic E-state index is 0.120. The lowest BCUT2D eigenvalue weighted by Gasteiger charge is -2.01. The van der Waals surface area contributed by atoms with E-state index in [1.54, 1.807) is 25.3 Å². The van der Waals surface area contributed by atoms with Crippen LogP contribution in [-0.4, -0.2) is 34.0 Å². The van der Waals surface area contributed by atoms with Crippen molar-refractivity contribution < 1.29 is 13.9 Å². The van der Waals surface area contributed by atoms with Crippen molar-refractivity contribution in [1.82, 2.24) is 15.2 Å². The van der Waals surface area contributed by atoms with Gasteiger partial charge in [0.05, 0.1) is 18.6 Å². The fraction of sp³-hybridized carbons (Fsp3) is 0.100. The second kappa shape index (κ2) is 9.29. The molecule has 152 valence electrons. The third-order valence-corrected chi connectivity index (χ3v) is 5.75. The van der Waals surface area contributed by atoms with Gasteiger partial charge in [-0.05, 0) is 42.5 Å². The number of thioether (sulfide) groups is 1. The normalized spacial score (nSPS) is 10.7. The van der Waals surface area contributed by atoms with Gasteiger partial charge in [0.2, 0.25) is 11.8 Å². The Balaban J connectivity index is 1.33. The van der Waals surface area contributed by atoms with Crippen LogP contribution in [0.15, 0.2) is 63.6 Å². The summed E-state index contributed by atoms with van der Waals surface area (Å²) < 4.78 is 10.7. The molecule has 1 N–H and O–H groups in total. The van der Waals surface area contributed by atoms with Crippen molar-refractivity contribution in [2.24, 2.45) is 0 Å². The summed E-state index contributed by atoms with van der Waals surface area (Å²) in [6.07, 6.45) is 0. The molecule has 2 aromatic heterocycles. The average molecular weight is 459 g/mol. The minimum atomic E-state index is -0.210. The minimum Gasteiger partial charge on any atom is -0.497 e. The summed E-state index contributed by atoms with van der Waals surface area (Å²) in [5.74, 6) is 1.04. The van der Waals surface area contributed by atoms with Crippen molar-refractivity contribution in [1.29, 1.82) is 0 Å². The number of methoxy groups -OCH3 is 1. The molecule has 2 aromatic carbocycles. The zero-order chi connectivity index (χ0) is 20.9. The van der Waals surface area contributed by atoms with E-state index in [0.29, 0.717) is 21.3 Å². The van der Waals surface area contributed by atoms with E-state index in [0.717, 1.165) is 34.3 Å². The smallest absolute Gasteiger partial charge is 0.277 e. The number of hydrogen-bond donors (Lipinski definition) is 1. The molecule has 4 aromatic rings. The van der Waals surface area contributed by atoms with Crippen molar-refractivity contribution in [3.8, 4) is 28.5 Å². The third-order valence-electron chi connectivity index (χ3n) is 3.94. The van der Waals surface area contributed by atoms with Crippen LogP contribution in [0, 0.1) is 0 Å². The second-order valence-corrected chi connectivity index (χ2v) is 8.21. The number of hydrogen-bond acceptors (Lipinski definition) is 8. The molecule has 0 atom stereocenters. The van der Waals surface area contributed by atoms with Gasteiger partial charge in [-0.1, -0.05) is 29.4 Å². The number of anilines is 1. The van der Waals surface area contributed by atoms with E-state index in [1.807, 2.05) is 35.7 Å². The second-order valence-electron chi connectivity index (χ2n) is 5.99. The summed E-state index contributed by atoms with van der Waals surface area (Å²) in [5.41, 5.74) is 2.45. The maximum Gasteiger partial charge on any atom is 0.277 e. The Morgan fingerprint density at radius 1 is 1.20 bits per heavy atom. The Morgan fingerprint density at radius 2 is 2.03 bits per heavy atom. The molecule has 0 aliphatic carbocycles. The molecular weight excluding hydrogens is 444 g/mol. The van der Waals surface area contributed by atoms with E-state index in [4.69, 9.17) is 20.8 Å². The highest BCUT2D eigenvalue weighted by Crippen LogP contribution is 2.28. The monoisotopic (exact) mass is 458 g/mol. The first-order valence-corrected chi connectivity index (χ1v) is 11.0. The first-order valence-electron chi connectivity index (χ1n) is 8.73. The van der Waals surface area contributed by atoms with Gasteiger partial charge >= 0.3 is 0 Å². The van der Waals surface area contributed by atoms with Crippen LogP contribution < -0.4 is 10.1 Å². The Morgan fingerprint density at radius 3 is 2.80 bits per heavy atom. The Bertz CT molecular complexity index is 1160. The molecule has 4 rings (SSSR count). The van der Waals surface area contributed by atoms with Crippen molar-refractivity contribution in [2.75, 3.05) is 18.2 Å². The van der Waals surface area contributed by atoms with Crippen LogP contribution in [0.3, 0.4) is 0 Å². The van der Waals surface area contributed by atoms with Gasteiger partial charge in [0.15, 0.2) is 5.13 Å². The van der Waals surface area contributed by atoms with Gasteiger partial charge in [-0.25, -0.2) is 4.98 Å². The van der Waals surface area contributed by atoms with Gasteiger partial charge in [0.1, 0.15) is 5.75 Å². The summed E-state index contributed by atoms with van der Waals surface area (Å²) >= 11 is 8.49. The van der Waals surface area contributed by atoms with Crippen LogP contribution >= 0.6 is 34.7 Å². The van der Waals surface area contributed by atoms with Crippen LogP contribution in [0.2, 0.25) is 5.02 Å². The number of nitrogens with zero attached hydrogens (tertiary/aromatic N) is 3. The Kier molecular flexibility index (Phi) is 6.32. The number of carbonyl (C=O) groups is 1. The fourth-order valence-electron chi connectivity index (χ4n) is 2.51. The Hall–Kier alpha value is -2.88. The highest BCUT2D eigenvalue weighted by atomic mass is 35.5. The molecule has 7 nitrogen and oxygen atoms in total. The zero-order valence-electron chi connectivity index (χ0n) is 15.7. The predicted octanol–water partition coefficient (Wildman–Crippen LogP) is 5.25. The van der Waals surface area contributed by atoms with Crippen LogP contribution in [0.4, 0.5) is 5.13 Å². The number of ether oxygens (including phenoxy) is 1. The highest BCUT2D eigenvalue weighted by molar-refractivity contribution is 7.99. The SMILES string of the molecule is COc1ccc(-c2csc(NC(=O)CSc3nnc(-c4cccc(Cl)c4)o3)n2)cc1. The quantitative estimate of drug-likeness (QED) is 0.378. The number of amides is 1. The molecule has 0 unspecified atom stereocenters. The lowest BCUT2D eigenvalue weighted by Crippen LogP contribution is -2.13. The third kappa shape index (κ3) is 4.99. The first kappa shape index (κ1) is 20.4. The van der Waals surface area contributed by atoms with E-state index >= 15 is 0 Å². The summed E-state index contributed by atoms with van der Waals surface area (Å²) in [4.78, 5) is 16.7. The molecule has 10 heteroatoms. The largest absolute Gasteiger partial charge is 0.497 e. The maximum atomic E-state index is 12.2. The van der Waals surface area contributed by atoms with Crippen LogP contribution in [0.1, 0.15) is 0 Å². The molecule has 1 amide bonds.